The van der Waals surface area contributed by atoms with Crippen LogP contribution in [0.3, 0.4) is 0 Å². The minimum atomic E-state index is -1.46. The molecule has 0 radical (unpaired) electrons. The van der Waals surface area contributed by atoms with Gasteiger partial charge in [0.15, 0.2) is 11.7 Å². The number of ether oxygens (including phenoxy) is 1. The van der Waals surface area contributed by atoms with Gasteiger partial charge in [-0.1, -0.05) is 42.0 Å². The van der Waals surface area contributed by atoms with Gasteiger partial charge in [-0.2, -0.15) is 10.4 Å². The lowest BCUT2D eigenvalue weighted by Gasteiger charge is -2.08. The standard InChI is InChI=1S/C24H19N3O3/c1-14-6-4-8-16(12-14)23(28)18(13-25)24(29)21-17-11-10-15-7-5-9-19(30-3)20(15)22(17)27(2)26-21/h4-12,18H,1-3H3. The minimum absolute atomic E-state index is 0.104. The number of rotatable bonds is 5. The van der Waals surface area contributed by atoms with Crippen molar-refractivity contribution in [3.8, 4) is 11.8 Å². The molecule has 0 saturated carbocycles. The Kier molecular flexibility index (Phi) is 4.80. The molecule has 0 aliphatic rings. The van der Waals surface area contributed by atoms with Crippen molar-refractivity contribution in [2.75, 3.05) is 7.11 Å². The molecule has 0 fully saturated rings. The fourth-order valence-corrected chi connectivity index (χ4v) is 3.80. The van der Waals surface area contributed by atoms with Crippen LogP contribution in [-0.4, -0.2) is 28.5 Å². The third-order valence-electron chi connectivity index (χ3n) is 5.22. The molecular weight excluding hydrogens is 378 g/mol. The highest BCUT2D eigenvalue weighted by Gasteiger charge is 2.32. The molecule has 3 aromatic carbocycles. The molecule has 1 unspecified atom stereocenters. The number of nitrogens with zero attached hydrogens (tertiary/aromatic N) is 3. The Balaban J connectivity index is 1.86. The number of fused-ring (bicyclic) bond motifs is 3. The SMILES string of the molecule is COc1cccc2ccc3c(C(=O)C(C#N)C(=O)c4cccc(C)c4)nn(C)c3c12. The van der Waals surface area contributed by atoms with Gasteiger partial charge in [-0.15, -0.1) is 0 Å². The topological polar surface area (TPSA) is 85.0 Å². The molecule has 1 heterocycles. The van der Waals surface area contributed by atoms with Crippen molar-refractivity contribution in [2.24, 2.45) is 13.0 Å². The van der Waals surface area contributed by atoms with Gasteiger partial charge < -0.3 is 4.74 Å². The number of aryl methyl sites for hydroxylation is 2. The number of nitriles is 1. The lowest BCUT2D eigenvalue weighted by Crippen LogP contribution is -2.23. The van der Waals surface area contributed by atoms with E-state index in [1.165, 1.54) is 0 Å². The smallest absolute Gasteiger partial charge is 0.208 e. The number of methoxy groups -OCH3 is 1. The summed E-state index contributed by atoms with van der Waals surface area (Å²) >= 11 is 0. The van der Waals surface area contributed by atoms with Crippen molar-refractivity contribution >= 4 is 33.2 Å². The van der Waals surface area contributed by atoms with E-state index < -0.39 is 17.5 Å². The van der Waals surface area contributed by atoms with Crippen LogP contribution >= 0.6 is 0 Å². The van der Waals surface area contributed by atoms with E-state index in [0.29, 0.717) is 22.2 Å². The predicted octanol–water partition coefficient (Wildman–Crippen LogP) is 4.25. The number of carbonyl (C=O) groups is 2. The van der Waals surface area contributed by atoms with Crippen LogP contribution in [-0.2, 0) is 7.05 Å². The molecule has 0 spiro atoms. The van der Waals surface area contributed by atoms with Crippen LogP contribution in [0, 0.1) is 24.2 Å². The maximum atomic E-state index is 13.2. The predicted molar refractivity (Wildman–Crippen MR) is 114 cm³/mol. The fourth-order valence-electron chi connectivity index (χ4n) is 3.80. The zero-order valence-electron chi connectivity index (χ0n) is 16.8. The van der Waals surface area contributed by atoms with Crippen molar-refractivity contribution in [1.82, 2.24) is 9.78 Å². The molecule has 4 rings (SSSR count). The highest BCUT2D eigenvalue weighted by molar-refractivity contribution is 6.22. The van der Waals surface area contributed by atoms with Gasteiger partial charge >= 0.3 is 0 Å². The van der Waals surface area contributed by atoms with E-state index in [1.807, 2.05) is 43.3 Å². The molecule has 6 nitrogen and oxygen atoms in total. The lowest BCUT2D eigenvalue weighted by atomic mass is 9.91. The molecule has 0 N–H and O–H groups in total. The number of benzene rings is 3. The number of ketones is 2. The van der Waals surface area contributed by atoms with Gasteiger partial charge in [0.1, 0.15) is 11.4 Å². The molecule has 148 valence electrons. The number of hydrogen-bond acceptors (Lipinski definition) is 5. The first kappa shape index (κ1) is 19.3. The first-order valence-corrected chi connectivity index (χ1v) is 9.43. The second kappa shape index (κ2) is 7.45. The van der Waals surface area contributed by atoms with Gasteiger partial charge in [0.25, 0.3) is 0 Å². The molecule has 1 atom stereocenters. The van der Waals surface area contributed by atoms with E-state index in [9.17, 15) is 14.9 Å². The Labute approximate surface area is 173 Å². The molecule has 0 bridgehead atoms. The number of hydrogen-bond donors (Lipinski definition) is 0. The summed E-state index contributed by atoms with van der Waals surface area (Å²) in [7, 11) is 3.32. The molecule has 0 aliphatic carbocycles. The van der Waals surface area contributed by atoms with E-state index in [4.69, 9.17) is 4.74 Å². The summed E-state index contributed by atoms with van der Waals surface area (Å²) in [6.07, 6.45) is 0. The normalized spacial score (nSPS) is 11.9. The minimum Gasteiger partial charge on any atom is -0.496 e. The van der Waals surface area contributed by atoms with Gasteiger partial charge in [0, 0.05) is 23.4 Å². The Morgan fingerprint density at radius 3 is 2.57 bits per heavy atom. The molecule has 0 saturated heterocycles. The maximum Gasteiger partial charge on any atom is 0.208 e. The summed E-state index contributed by atoms with van der Waals surface area (Å²) in [5.74, 6) is -1.93. The summed E-state index contributed by atoms with van der Waals surface area (Å²) in [4.78, 5) is 26.1. The highest BCUT2D eigenvalue weighted by Crippen LogP contribution is 2.34. The quantitative estimate of drug-likeness (QED) is 0.371. The average Bonchev–Trinajstić information content (AvgIpc) is 3.10. The molecule has 0 aliphatic heterocycles. The fraction of sp³-hybridized carbons (Fsp3) is 0.167. The molecule has 6 heteroatoms. The molecular formula is C24H19N3O3. The van der Waals surface area contributed by atoms with Crippen LogP contribution in [0.5, 0.6) is 5.75 Å². The molecule has 4 aromatic rings. The highest BCUT2D eigenvalue weighted by atomic mass is 16.5. The van der Waals surface area contributed by atoms with Gasteiger partial charge in [0.2, 0.25) is 5.78 Å². The van der Waals surface area contributed by atoms with Crippen molar-refractivity contribution in [3.63, 3.8) is 0 Å². The summed E-state index contributed by atoms with van der Waals surface area (Å²) in [5, 5.41) is 16.4. The summed E-state index contributed by atoms with van der Waals surface area (Å²) in [5.41, 5.74) is 2.04. The summed E-state index contributed by atoms with van der Waals surface area (Å²) < 4.78 is 7.10. The molecule has 1 aromatic heterocycles. The van der Waals surface area contributed by atoms with Crippen LogP contribution in [0.2, 0.25) is 0 Å². The zero-order chi connectivity index (χ0) is 21.4. The summed E-state index contributed by atoms with van der Waals surface area (Å²) in [6.45, 7) is 1.85. The molecule has 30 heavy (non-hydrogen) atoms. The van der Waals surface area contributed by atoms with Crippen molar-refractivity contribution in [2.45, 2.75) is 6.92 Å². The molecule has 0 amide bonds. The van der Waals surface area contributed by atoms with Crippen molar-refractivity contribution in [1.29, 1.82) is 5.26 Å². The zero-order valence-corrected chi connectivity index (χ0v) is 16.8. The van der Waals surface area contributed by atoms with Crippen LogP contribution < -0.4 is 4.74 Å². The number of aromatic nitrogens is 2. The first-order valence-electron chi connectivity index (χ1n) is 9.43. The Morgan fingerprint density at radius 1 is 1.10 bits per heavy atom. The maximum absolute atomic E-state index is 13.2. The van der Waals surface area contributed by atoms with E-state index in [2.05, 4.69) is 5.10 Å². The Hall–Kier alpha value is -3.98. The van der Waals surface area contributed by atoms with Crippen molar-refractivity contribution < 1.29 is 14.3 Å². The summed E-state index contributed by atoms with van der Waals surface area (Å²) in [6, 6.07) is 18.1. The monoisotopic (exact) mass is 397 g/mol. The van der Waals surface area contributed by atoms with Crippen LogP contribution in [0.25, 0.3) is 21.7 Å². The van der Waals surface area contributed by atoms with Crippen LogP contribution in [0.4, 0.5) is 0 Å². The third-order valence-corrected chi connectivity index (χ3v) is 5.22. The first-order chi connectivity index (χ1) is 14.5. The second-order valence-corrected chi connectivity index (χ2v) is 7.15. The van der Waals surface area contributed by atoms with E-state index in [-0.39, 0.29) is 5.69 Å². The van der Waals surface area contributed by atoms with Gasteiger partial charge in [-0.3, -0.25) is 14.3 Å². The van der Waals surface area contributed by atoms with E-state index >= 15 is 0 Å². The lowest BCUT2D eigenvalue weighted by molar-refractivity contribution is 0.0843. The average molecular weight is 397 g/mol. The number of carbonyl (C=O) groups excluding carboxylic acids is 2. The van der Waals surface area contributed by atoms with Gasteiger partial charge in [0.05, 0.1) is 18.7 Å². The number of Topliss-reactive ketones (excluding diaryl/α,β-unsaturated/α-hetero) is 2. The van der Waals surface area contributed by atoms with E-state index in [0.717, 1.165) is 16.3 Å². The van der Waals surface area contributed by atoms with Gasteiger partial charge in [-0.25, -0.2) is 0 Å². The van der Waals surface area contributed by atoms with Crippen LogP contribution in [0.1, 0.15) is 26.4 Å². The van der Waals surface area contributed by atoms with E-state index in [1.54, 1.807) is 43.1 Å². The van der Waals surface area contributed by atoms with Gasteiger partial charge in [-0.05, 0) is 30.5 Å². The van der Waals surface area contributed by atoms with Crippen LogP contribution in [0.15, 0.2) is 54.6 Å². The Bertz CT molecular complexity index is 1360. The van der Waals surface area contributed by atoms with Crippen molar-refractivity contribution in [3.05, 3.63) is 71.4 Å². The Morgan fingerprint density at radius 2 is 1.87 bits per heavy atom. The third kappa shape index (κ3) is 3.01. The second-order valence-electron chi connectivity index (χ2n) is 7.15. The largest absolute Gasteiger partial charge is 0.496 e.